The van der Waals surface area contributed by atoms with Crippen molar-refractivity contribution in [1.29, 1.82) is 0 Å². The predicted octanol–water partition coefficient (Wildman–Crippen LogP) is 2.80. The summed E-state index contributed by atoms with van der Waals surface area (Å²) in [7, 11) is 1.76. The van der Waals surface area contributed by atoms with Crippen LogP contribution in [0.4, 0.5) is 10.6 Å². The monoisotopic (exact) mass is 447 g/mol. The van der Waals surface area contributed by atoms with Gasteiger partial charge in [0.05, 0.1) is 17.3 Å². The van der Waals surface area contributed by atoms with Gasteiger partial charge < -0.3 is 14.5 Å². The van der Waals surface area contributed by atoms with Crippen molar-refractivity contribution in [2.75, 3.05) is 25.0 Å². The third-order valence-corrected chi connectivity index (χ3v) is 5.52. The van der Waals surface area contributed by atoms with Gasteiger partial charge in [-0.1, -0.05) is 0 Å². The first-order chi connectivity index (χ1) is 13.1. The largest absolute Gasteiger partial charge is 0.444 e. The summed E-state index contributed by atoms with van der Waals surface area (Å²) in [6.45, 7) is 8.80. The van der Waals surface area contributed by atoms with Crippen LogP contribution in [0.25, 0.3) is 16.8 Å². The topological polar surface area (TPSA) is 88.8 Å². The third kappa shape index (κ3) is 3.25. The van der Waals surface area contributed by atoms with Gasteiger partial charge in [0.1, 0.15) is 11.9 Å². The average Bonchev–Trinajstić information content (AvgIpc) is 3.03. The Morgan fingerprint density at radius 3 is 2.71 bits per heavy atom. The van der Waals surface area contributed by atoms with Gasteiger partial charge in [-0.05, 0) is 49.7 Å². The van der Waals surface area contributed by atoms with Crippen molar-refractivity contribution >= 4 is 44.7 Å². The van der Waals surface area contributed by atoms with Gasteiger partial charge in [0.15, 0.2) is 11.5 Å². The molecule has 0 N–H and O–H groups in total. The number of halogens is 1. The fourth-order valence-electron chi connectivity index (χ4n) is 3.10. The molecule has 4 heterocycles. The molecule has 0 aromatic carbocycles. The van der Waals surface area contributed by atoms with Crippen LogP contribution in [0.15, 0.2) is 16.9 Å². The standard InChI is InChI=1S/C18H22BrN7O2/c1-10-12(19)6-13-14(21-10)22-15(16-23-20-9-26(13)16)25-7-11(8-25)24(5)17(27)28-18(2,3)4/h6,9,11H,7-8H2,1-5H3. The zero-order valence-electron chi connectivity index (χ0n) is 16.5. The Balaban J connectivity index is 1.60. The summed E-state index contributed by atoms with van der Waals surface area (Å²) < 4.78 is 8.25. The van der Waals surface area contributed by atoms with Crippen molar-refractivity contribution in [3.8, 4) is 0 Å². The molecule has 10 heteroatoms. The molecule has 0 saturated carbocycles. The second-order valence-electron chi connectivity index (χ2n) is 8.01. The molecular formula is C18H22BrN7O2. The fourth-order valence-corrected chi connectivity index (χ4v) is 3.41. The number of ether oxygens (including phenoxy) is 1. The van der Waals surface area contributed by atoms with E-state index >= 15 is 0 Å². The van der Waals surface area contributed by atoms with E-state index in [1.165, 1.54) is 0 Å². The van der Waals surface area contributed by atoms with Crippen LogP contribution in [-0.4, -0.2) is 67.3 Å². The van der Waals surface area contributed by atoms with Crippen molar-refractivity contribution in [3.05, 3.63) is 22.6 Å². The Bertz CT molecular complexity index is 1070. The molecule has 28 heavy (non-hydrogen) atoms. The number of nitrogens with zero attached hydrogens (tertiary/aromatic N) is 7. The number of carbonyl (C=O) groups is 1. The van der Waals surface area contributed by atoms with E-state index in [2.05, 4.69) is 36.0 Å². The molecule has 1 amide bonds. The zero-order chi connectivity index (χ0) is 20.2. The second-order valence-corrected chi connectivity index (χ2v) is 8.86. The van der Waals surface area contributed by atoms with Crippen LogP contribution >= 0.6 is 15.9 Å². The number of hydrogen-bond donors (Lipinski definition) is 0. The molecule has 0 unspecified atom stereocenters. The van der Waals surface area contributed by atoms with E-state index in [0.29, 0.717) is 30.2 Å². The van der Waals surface area contributed by atoms with Gasteiger partial charge in [-0.15, -0.1) is 10.2 Å². The summed E-state index contributed by atoms with van der Waals surface area (Å²) in [5.74, 6) is 0.716. The van der Waals surface area contributed by atoms with Crippen LogP contribution in [0.3, 0.4) is 0 Å². The molecule has 9 nitrogen and oxygen atoms in total. The van der Waals surface area contributed by atoms with E-state index in [4.69, 9.17) is 9.72 Å². The number of pyridine rings is 1. The van der Waals surface area contributed by atoms with Crippen LogP contribution in [0.1, 0.15) is 26.5 Å². The maximum Gasteiger partial charge on any atom is 0.410 e. The molecule has 3 aromatic heterocycles. The van der Waals surface area contributed by atoms with Gasteiger partial charge in [-0.3, -0.25) is 4.40 Å². The van der Waals surface area contributed by atoms with Gasteiger partial charge >= 0.3 is 6.09 Å². The fraction of sp³-hybridized carbons (Fsp3) is 0.500. The molecule has 1 aliphatic heterocycles. The smallest absolute Gasteiger partial charge is 0.410 e. The van der Waals surface area contributed by atoms with E-state index in [1.54, 1.807) is 18.3 Å². The normalized spacial score (nSPS) is 15.1. The number of carbonyl (C=O) groups excluding carboxylic acids is 1. The first-order valence-electron chi connectivity index (χ1n) is 9.01. The lowest BCUT2D eigenvalue weighted by atomic mass is 10.1. The molecule has 1 fully saturated rings. The number of likely N-dealkylation sites (N-methyl/N-ethyl adjacent to an activating group) is 1. The van der Waals surface area contributed by atoms with Crippen LogP contribution < -0.4 is 4.90 Å². The van der Waals surface area contributed by atoms with Gasteiger partial charge in [0.25, 0.3) is 0 Å². The molecular weight excluding hydrogens is 426 g/mol. The Morgan fingerprint density at radius 1 is 1.32 bits per heavy atom. The van der Waals surface area contributed by atoms with E-state index in [-0.39, 0.29) is 12.1 Å². The lowest BCUT2D eigenvalue weighted by molar-refractivity contribution is 0.0197. The average molecular weight is 448 g/mol. The first-order valence-corrected chi connectivity index (χ1v) is 9.80. The highest BCUT2D eigenvalue weighted by Gasteiger charge is 2.36. The maximum atomic E-state index is 12.3. The van der Waals surface area contributed by atoms with Gasteiger partial charge in [0, 0.05) is 24.6 Å². The van der Waals surface area contributed by atoms with Gasteiger partial charge in [-0.2, -0.15) is 0 Å². The van der Waals surface area contributed by atoms with E-state index in [1.807, 2.05) is 38.2 Å². The Morgan fingerprint density at radius 2 is 2.04 bits per heavy atom. The highest BCUT2D eigenvalue weighted by Crippen LogP contribution is 2.29. The van der Waals surface area contributed by atoms with Crippen molar-refractivity contribution in [2.45, 2.75) is 39.3 Å². The lowest BCUT2D eigenvalue weighted by Gasteiger charge is -2.44. The minimum atomic E-state index is -0.514. The van der Waals surface area contributed by atoms with Crippen LogP contribution in [0.5, 0.6) is 0 Å². The van der Waals surface area contributed by atoms with Crippen LogP contribution in [-0.2, 0) is 4.74 Å². The molecule has 3 aromatic rings. The first kappa shape index (κ1) is 18.9. The highest BCUT2D eigenvalue weighted by molar-refractivity contribution is 9.10. The maximum absolute atomic E-state index is 12.3. The SMILES string of the molecule is Cc1nc2nc(N3CC(N(C)C(=O)OC(C)(C)C)C3)c3nncn3c2cc1Br. The number of hydrogen-bond acceptors (Lipinski definition) is 7. The summed E-state index contributed by atoms with van der Waals surface area (Å²) in [6.07, 6.45) is 1.34. The summed E-state index contributed by atoms with van der Waals surface area (Å²) in [5, 5.41) is 8.28. The number of aryl methyl sites for hydroxylation is 1. The summed E-state index contributed by atoms with van der Waals surface area (Å²) in [6, 6.07) is 2.02. The van der Waals surface area contributed by atoms with Crippen LogP contribution in [0, 0.1) is 6.92 Å². The van der Waals surface area contributed by atoms with E-state index in [0.717, 1.165) is 15.7 Å². The molecule has 1 aliphatic rings. The Kier molecular flexibility index (Phi) is 4.40. The predicted molar refractivity (Wildman–Crippen MR) is 109 cm³/mol. The molecule has 1 saturated heterocycles. The minimum absolute atomic E-state index is 0.0509. The van der Waals surface area contributed by atoms with Crippen LogP contribution in [0.2, 0.25) is 0 Å². The van der Waals surface area contributed by atoms with Gasteiger partial charge in [-0.25, -0.2) is 14.8 Å². The Hall–Kier alpha value is -2.49. The molecule has 0 atom stereocenters. The number of rotatable bonds is 2. The number of fused-ring (bicyclic) bond motifs is 3. The van der Waals surface area contributed by atoms with E-state index in [9.17, 15) is 4.79 Å². The zero-order valence-corrected chi connectivity index (χ0v) is 18.1. The lowest BCUT2D eigenvalue weighted by Crippen LogP contribution is -2.60. The number of anilines is 1. The highest BCUT2D eigenvalue weighted by atomic mass is 79.9. The number of amides is 1. The van der Waals surface area contributed by atoms with E-state index < -0.39 is 5.60 Å². The minimum Gasteiger partial charge on any atom is -0.444 e. The third-order valence-electron chi connectivity index (χ3n) is 4.72. The second kappa shape index (κ2) is 6.54. The quantitative estimate of drug-likeness (QED) is 0.596. The molecule has 0 aliphatic carbocycles. The summed E-state index contributed by atoms with van der Waals surface area (Å²) in [5.41, 5.74) is 2.49. The summed E-state index contributed by atoms with van der Waals surface area (Å²) >= 11 is 3.52. The molecule has 4 rings (SSSR count). The molecule has 0 radical (unpaired) electrons. The van der Waals surface area contributed by atoms with Crippen molar-refractivity contribution in [1.82, 2.24) is 29.5 Å². The molecule has 0 bridgehead atoms. The van der Waals surface area contributed by atoms with Crippen molar-refractivity contribution in [3.63, 3.8) is 0 Å². The Labute approximate surface area is 170 Å². The van der Waals surface area contributed by atoms with Crippen molar-refractivity contribution < 1.29 is 9.53 Å². The molecule has 148 valence electrons. The summed E-state index contributed by atoms with van der Waals surface area (Å²) in [4.78, 5) is 25.3. The molecule has 0 spiro atoms. The number of aromatic nitrogens is 5. The van der Waals surface area contributed by atoms with Crippen molar-refractivity contribution in [2.24, 2.45) is 0 Å². The van der Waals surface area contributed by atoms with Gasteiger partial charge in [0.2, 0.25) is 5.65 Å².